The first-order chi connectivity index (χ1) is 11.9. The molecule has 2 N–H and O–H groups in total. The van der Waals surface area contributed by atoms with Crippen molar-refractivity contribution in [3.05, 3.63) is 30.1 Å². The topological polar surface area (TPSA) is 99.1 Å². The van der Waals surface area contributed by atoms with E-state index in [-0.39, 0.29) is 31.0 Å². The lowest BCUT2D eigenvalue weighted by molar-refractivity contribution is -0.154. The van der Waals surface area contributed by atoms with Crippen LogP contribution in [0.25, 0.3) is 0 Å². The molecule has 132 valence electrons. The van der Waals surface area contributed by atoms with E-state index in [0.29, 0.717) is 18.5 Å². The molecule has 1 aromatic carbocycles. The maximum Gasteiger partial charge on any atom is 0.311 e. The minimum atomic E-state index is -0.909. The molecule has 8 heteroatoms. The highest BCUT2D eigenvalue weighted by Crippen LogP contribution is 2.40. The molecule has 1 saturated carbocycles. The molecular weight excluding hydrogens is 329 g/mol. The predicted molar refractivity (Wildman–Crippen MR) is 87.5 cm³/mol. The second kappa shape index (κ2) is 6.62. The smallest absolute Gasteiger partial charge is 0.311 e. The van der Waals surface area contributed by atoms with Gasteiger partial charge in [0, 0.05) is 19.4 Å². The molecule has 0 atom stereocenters. The molecule has 2 amide bonds. The zero-order valence-corrected chi connectivity index (χ0v) is 13.5. The summed E-state index contributed by atoms with van der Waals surface area (Å²) in [7, 11) is 0. The second-order valence-electron chi connectivity index (χ2n) is 6.35. The zero-order chi connectivity index (χ0) is 18.0. The lowest BCUT2D eigenvalue weighted by Crippen LogP contribution is -2.49. The van der Waals surface area contributed by atoms with Crippen molar-refractivity contribution in [2.24, 2.45) is 10.5 Å². The number of aliphatic carboxylic acids is 1. The molecule has 0 aromatic heterocycles. The van der Waals surface area contributed by atoms with Crippen LogP contribution in [-0.4, -0.2) is 35.1 Å². The molecule has 7 nitrogen and oxygen atoms in total. The van der Waals surface area contributed by atoms with Crippen molar-refractivity contribution in [1.29, 1.82) is 0 Å². The highest BCUT2D eigenvalue weighted by atomic mass is 19.1. The standard InChI is InChI=1S/C17H18FN3O4/c18-11-2-4-12(5-3-11)21-14(22)7-6-13(20-21)15(23)19-10-17(16(24)25)8-1-9-17/h2-5H,1,6-10H2,(H,19,23)(H,24,25). The van der Waals surface area contributed by atoms with Gasteiger partial charge in [-0.2, -0.15) is 5.10 Å². The number of hydrogen-bond donors (Lipinski definition) is 2. The average Bonchev–Trinajstić information content (AvgIpc) is 2.54. The number of nitrogens with zero attached hydrogens (tertiary/aromatic N) is 2. The molecule has 0 spiro atoms. The fourth-order valence-corrected chi connectivity index (χ4v) is 2.92. The Balaban J connectivity index is 1.71. The number of halogens is 1. The van der Waals surface area contributed by atoms with Crippen molar-refractivity contribution in [1.82, 2.24) is 5.32 Å². The van der Waals surface area contributed by atoms with Crippen LogP contribution in [0.4, 0.5) is 10.1 Å². The normalized spacial score (nSPS) is 19.0. The number of rotatable bonds is 5. The van der Waals surface area contributed by atoms with Crippen molar-refractivity contribution in [3.8, 4) is 0 Å². The number of carboxylic acids is 1. The van der Waals surface area contributed by atoms with Gasteiger partial charge in [-0.05, 0) is 37.1 Å². The third-order valence-corrected chi connectivity index (χ3v) is 4.72. The van der Waals surface area contributed by atoms with Crippen LogP contribution >= 0.6 is 0 Å². The SMILES string of the molecule is O=C(NCC1(C(=O)O)CCC1)C1=NN(c2ccc(F)cc2)C(=O)CC1. The Bertz CT molecular complexity index is 741. The first kappa shape index (κ1) is 17.1. The number of amides is 2. The summed E-state index contributed by atoms with van der Waals surface area (Å²) in [5.74, 6) is -2.11. The van der Waals surface area contributed by atoms with E-state index in [1.54, 1.807) is 0 Å². The van der Waals surface area contributed by atoms with Gasteiger partial charge in [0.1, 0.15) is 11.5 Å². The Kier molecular flexibility index (Phi) is 4.52. The highest BCUT2D eigenvalue weighted by molar-refractivity contribution is 6.40. The van der Waals surface area contributed by atoms with Gasteiger partial charge in [-0.1, -0.05) is 6.42 Å². The number of hydrazone groups is 1. The largest absolute Gasteiger partial charge is 0.481 e. The van der Waals surface area contributed by atoms with Crippen molar-refractivity contribution in [2.75, 3.05) is 11.6 Å². The van der Waals surface area contributed by atoms with E-state index in [0.717, 1.165) is 11.4 Å². The Morgan fingerprint density at radius 1 is 1.24 bits per heavy atom. The van der Waals surface area contributed by atoms with Crippen LogP contribution in [0.15, 0.2) is 29.4 Å². The molecule has 1 heterocycles. The van der Waals surface area contributed by atoms with Crippen LogP contribution < -0.4 is 10.3 Å². The summed E-state index contributed by atoms with van der Waals surface area (Å²) in [5.41, 5.74) is -0.363. The van der Waals surface area contributed by atoms with Crippen molar-refractivity contribution < 1.29 is 23.9 Å². The molecular formula is C17H18FN3O4. The third-order valence-electron chi connectivity index (χ3n) is 4.72. The summed E-state index contributed by atoms with van der Waals surface area (Å²) in [6.07, 6.45) is 2.19. The van der Waals surface area contributed by atoms with Gasteiger partial charge in [0.05, 0.1) is 11.1 Å². The number of hydrogen-bond acceptors (Lipinski definition) is 4. The summed E-state index contributed by atoms with van der Waals surface area (Å²) < 4.78 is 13.0. The fraction of sp³-hybridized carbons (Fsp3) is 0.412. The number of carbonyl (C=O) groups excluding carboxylic acids is 2. The van der Waals surface area contributed by atoms with Gasteiger partial charge in [-0.3, -0.25) is 14.4 Å². The van der Waals surface area contributed by atoms with E-state index in [9.17, 15) is 23.9 Å². The summed E-state index contributed by atoms with van der Waals surface area (Å²) in [4.78, 5) is 35.7. The van der Waals surface area contributed by atoms with Crippen molar-refractivity contribution in [3.63, 3.8) is 0 Å². The predicted octanol–water partition coefficient (Wildman–Crippen LogP) is 1.68. The Morgan fingerprint density at radius 3 is 2.48 bits per heavy atom. The lowest BCUT2D eigenvalue weighted by atomic mass is 9.69. The van der Waals surface area contributed by atoms with E-state index in [4.69, 9.17) is 0 Å². The minimum Gasteiger partial charge on any atom is -0.481 e. The van der Waals surface area contributed by atoms with Gasteiger partial charge >= 0.3 is 5.97 Å². The number of carbonyl (C=O) groups is 3. The second-order valence-corrected chi connectivity index (χ2v) is 6.35. The number of benzene rings is 1. The summed E-state index contributed by atoms with van der Waals surface area (Å²) in [5, 5.41) is 17.1. The number of anilines is 1. The third kappa shape index (κ3) is 3.38. The lowest BCUT2D eigenvalue weighted by Gasteiger charge is -2.37. The molecule has 0 unspecified atom stereocenters. The van der Waals surface area contributed by atoms with Crippen molar-refractivity contribution >= 4 is 29.2 Å². The van der Waals surface area contributed by atoms with Gasteiger partial charge in [0.25, 0.3) is 5.91 Å². The quantitative estimate of drug-likeness (QED) is 0.846. The molecule has 0 saturated heterocycles. The first-order valence-electron chi connectivity index (χ1n) is 8.09. The summed E-state index contributed by atoms with van der Waals surface area (Å²) in [6.45, 7) is 0.0463. The number of carboxylic acid groups (broad SMARTS) is 1. The molecule has 2 aliphatic rings. The minimum absolute atomic E-state index is 0.0463. The Labute approximate surface area is 143 Å². The van der Waals surface area contributed by atoms with Crippen LogP contribution in [0.3, 0.4) is 0 Å². The Morgan fingerprint density at radius 2 is 1.92 bits per heavy atom. The van der Waals surface area contributed by atoms with Gasteiger partial charge in [-0.15, -0.1) is 0 Å². The van der Waals surface area contributed by atoms with E-state index < -0.39 is 23.1 Å². The van der Waals surface area contributed by atoms with E-state index in [1.807, 2.05) is 0 Å². The highest BCUT2D eigenvalue weighted by Gasteiger charge is 2.44. The monoisotopic (exact) mass is 347 g/mol. The zero-order valence-electron chi connectivity index (χ0n) is 13.5. The molecule has 1 fully saturated rings. The molecule has 0 bridgehead atoms. The van der Waals surface area contributed by atoms with Gasteiger partial charge in [0.15, 0.2) is 0 Å². The molecule has 3 rings (SSSR count). The summed E-state index contributed by atoms with van der Waals surface area (Å²) >= 11 is 0. The van der Waals surface area contributed by atoms with E-state index in [1.165, 1.54) is 24.3 Å². The van der Waals surface area contributed by atoms with Crippen LogP contribution in [0.1, 0.15) is 32.1 Å². The molecule has 0 radical (unpaired) electrons. The van der Waals surface area contributed by atoms with Crippen LogP contribution in [0.5, 0.6) is 0 Å². The molecule has 25 heavy (non-hydrogen) atoms. The maximum atomic E-state index is 13.0. The molecule has 1 aromatic rings. The maximum absolute atomic E-state index is 13.0. The van der Waals surface area contributed by atoms with E-state index in [2.05, 4.69) is 10.4 Å². The molecule has 1 aliphatic heterocycles. The molecule has 1 aliphatic carbocycles. The van der Waals surface area contributed by atoms with Crippen LogP contribution in [0, 0.1) is 11.2 Å². The summed E-state index contributed by atoms with van der Waals surface area (Å²) in [6, 6.07) is 5.23. The van der Waals surface area contributed by atoms with Crippen molar-refractivity contribution in [2.45, 2.75) is 32.1 Å². The Hall–Kier alpha value is -2.77. The first-order valence-corrected chi connectivity index (χ1v) is 8.09. The van der Waals surface area contributed by atoms with E-state index >= 15 is 0 Å². The van der Waals surface area contributed by atoms with Gasteiger partial charge in [0.2, 0.25) is 5.91 Å². The van der Waals surface area contributed by atoms with Gasteiger partial charge in [-0.25, -0.2) is 9.40 Å². The number of nitrogens with one attached hydrogen (secondary N) is 1. The van der Waals surface area contributed by atoms with Gasteiger partial charge < -0.3 is 10.4 Å². The fourth-order valence-electron chi connectivity index (χ4n) is 2.92. The van der Waals surface area contributed by atoms with Crippen LogP contribution in [0.2, 0.25) is 0 Å². The average molecular weight is 347 g/mol. The van der Waals surface area contributed by atoms with Crippen LogP contribution in [-0.2, 0) is 14.4 Å².